The Balaban J connectivity index is 0.000000135. The molecule has 9 saturated heterocycles. The molecule has 9 fully saturated rings. The lowest BCUT2D eigenvalue weighted by Gasteiger charge is -2.45. The van der Waals surface area contributed by atoms with Gasteiger partial charge in [-0.2, -0.15) is 59.8 Å². The lowest BCUT2D eigenvalue weighted by Crippen LogP contribution is -2.56. The van der Waals surface area contributed by atoms with E-state index in [4.69, 9.17) is 80.8 Å². The van der Waals surface area contributed by atoms with Gasteiger partial charge in [-0.05, 0) is 97.9 Å². The predicted octanol–water partition coefficient (Wildman–Crippen LogP) is 9.32. The molecule has 2 bridgehead atoms. The molecule has 10 atom stereocenters. The van der Waals surface area contributed by atoms with Crippen molar-refractivity contribution in [2.75, 3.05) is 207 Å². The van der Waals surface area contributed by atoms with E-state index in [1.807, 2.05) is 56.2 Å². The van der Waals surface area contributed by atoms with Gasteiger partial charge in [0.1, 0.15) is 23.3 Å². The highest BCUT2D eigenvalue weighted by Gasteiger charge is 2.40. The van der Waals surface area contributed by atoms with Crippen molar-refractivity contribution in [3.63, 3.8) is 0 Å². The maximum atomic E-state index is 13.8. The van der Waals surface area contributed by atoms with Crippen molar-refractivity contribution in [3.8, 4) is 45.6 Å². The van der Waals surface area contributed by atoms with Gasteiger partial charge in [0, 0.05) is 109 Å². The highest BCUT2D eigenvalue weighted by Crippen LogP contribution is 2.40. The Kier molecular flexibility index (Phi) is 29.9. The molecule has 2 unspecified atom stereocenters. The number of ether oxygens (including phenoxy) is 8. The second-order valence-corrected chi connectivity index (χ2v) is 32.0. The predicted molar refractivity (Wildman–Crippen MR) is 452 cm³/mol. The van der Waals surface area contributed by atoms with Gasteiger partial charge in [0.25, 0.3) is 25.7 Å². The van der Waals surface area contributed by atoms with Crippen molar-refractivity contribution in [2.24, 2.45) is 0 Å². The molecular formula is C81H108F8N28O8. The monoisotopic (exact) mass is 1750 g/mol. The highest BCUT2D eigenvalue weighted by atomic mass is 19.3. The van der Waals surface area contributed by atoms with E-state index in [1.54, 1.807) is 0 Å². The van der Waals surface area contributed by atoms with Crippen molar-refractivity contribution >= 4 is 70.9 Å². The van der Waals surface area contributed by atoms with E-state index in [-0.39, 0.29) is 151 Å². The number of nitrogen functional groups attached to an aromatic ring is 4. The van der Waals surface area contributed by atoms with Crippen LogP contribution in [0.15, 0.2) is 49.1 Å². The summed E-state index contributed by atoms with van der Waals surface area (Å²) in [6.07, 6.45) is -0.943. The van der Waals surface area contributed by atoms with Crippen molar-refractivity contribution in [1.29, 1.82) is 0 Å². The molecule has 676 valence electrons. The Morgan fingerprint density at radius 3 is 0.920 bits per heavy atom. The Morgan fingerprint density at radius 2 is 0.584 bits per heavy atom. The summed E-state index contributed by atoms with van der Waals surface area (Å²) in [7, 11) is 0. The van der Waals surface area contributed by atoms with Crippen LogP contribution in [0, 0.1) is 0 Å². The third kappa shape index (κ3) is 21.2. The van der Waals surface area contributed by atoms with Gasteiger partial charge in [-0.3, -0.25) is 0 Å². The topological polar surface area (TPSA) is 410 Å². The fraction of sp³-hybridized carbons (Fsp3) is 0.605. The van der Waals surface area contributed by atoms with Crippen molar-refractivity contribution in [3.05, 3.63) is 71.3 Å². The Hall–Kier alpha value is -10.6. The second kappa shape index (κ2) is 41.2. The van der Waals surface area contributed by atoms with Gasteiger partial charge in [-0.1, -0.05) is 13.8 Å². The number of aromatic nitrogens is 16. The van der Waals surface area contributed by atoms with Crippen LogP contribution in [0.1, 0.15) is 135 Å². The third-order valence-corrected chi connectivity index (χ3v) is 23.1. The summed E-state index contributed by atoms with van der Waals surface area (Å²) in [6, 6.07) is 5.36. The van der Waals surface area contributed by atoms with E-state index < -0.39 is 25.7 Å². The average Bonchev–Trinajstić information content (AvgIpc) is 0.777. The molecule has 44 heteroatoms. The van der Waals surface area contributed by atoms with E-state index in [2.05, 4.69) is 98.2 Å². The van der Waals surface area contributed by atoms with E-state index in [0.717, 1.165) is 32.1 Å². The molecule has 17 heterocycles. The number of piperidine rings is 1. The molecule has 8 N–H and O–H groups in total. The number of nitrogens with two attached hydrogens (primary N) is 4. The summed E-state index contributed by atoms with van der Waals surface area (Å²) in [6.45, 7) is 28.8. The average molecular weight is 1750 g/mol. The van der Waals surface area contributed by atoms with Crippen LogP contribution < -0.4 is 62.1 Å². The number of hydrogen-bond acceptors (Lipinski definition) is 36. The SMILES string of the molecule is CC[C@@H]1COCCN1c1nc(-c2cnc(N)cc2C(F)F)nc(N2CCOC[C@H]2C)n1.CC[C@H]1COCCN1c1nc(-c2cnc(N)cc2C(F)F)nc(N2CCOC[C@H]2C)n1.C[C@H]1COC[C@H](C)N1c1nc(-c2cnc(N)cc2C(F)F)nc(N2[C@@H](C)COC[C@@H]2C)n1.Nc1cc(C(F)F)c(-c2nc(N3CCOCC3)nc(N3C4CCCC3COC4)n2)cn1. The molecule has 0 saturated carbocycles. The van der Waals surface area contributed by atoms with Crippen LogP contribution in [0.3, 0.4) is 0 Å². The minimum absolute atomic E-state index is 0.0144. The zero-order valence-electron chi connectivity index (χ0n) is 71.1. The Morgan fingerprint density at radius 1 is 0.312 bits per heavy atom. The molecule has 9 aliphatic rings. The maximum absolute atomic E-state index is 13.8. The van der Waals surface area contributed by atoms with Crippen molar-refractivity contribution in [2.45, 2.75) is 174 Å². The van der Waals surface area contributed by atoms with Crippen LogP contribution in [0.2, 0.25) is 0 Å². The lowest BCUT2D eigenvalue weighted by atomic mass is 9.95. The first-order valence-electron chi connectivity index (χ1n) is 42.3. The van der Waals surface area contributed by atoms with Gasteiger partial charge in [0.2, 0.25) is 47.6 Å². The van der Waals surface area contributed by atoms with Crippen molar-refractivity contribution < 1.29 is 73.0 Å². The zero-order valence-corrected chi connectivity index (χ0v) is 71.1. The first kappa shape index (κ1) is 90.6. The molecule has 36 nitrogen and oxygen atoms in total. The minimum Gasteiger partial charge on any atom is -0.384 e. The molecule has 8 aromatic heterocycles. The number of halogens is 8. The van der Waals surface area contributed by atoms with E-state index in [0.29, 0.717) is 193 Å². The van der Waals surface area contributed by atoms with Crippen molar-refractivity contribution in [1.82, 2.24) is 79.7 Å². The summed E-state index contributed by atoms with van der Waals surface area (Å²) in [5, 5.41) is 0. The molecule has 0 spiro atoms. The zero-order chi connectivity index (χ0) is 88.3. The van der Waals surface area contributed by atoms with Crippen LogP contribution in [0.25, 0.3) is 45.6 Å². The first-order valence-corrected chi connectivity index (χ1v) is 42.3. The quantitative estimate of drug-likeness (QED) is 0.0581. The van der Waals surface area contributed by atoms with Gasteiger partial charge in [0.15, 0.2) is 23.3 Å². The maximum Gasteiger partial charge on any atom is 0.264 e. The number of fused-ring (bicyclic) bond motifs is 2. The minimum atomic E-state index is -2.75. The van der Waals surface area contributed by atoms with Crippen LogP contribution >= 0.6 is 0 Å². The molecule has 0 aromatic carbocycles. The van der Waals surface area contributed by atoms with Gasteiger partial charge < -0.3 is 100 Å². The number of alkyl halides is 8. The molecule has 8 aromatic rings. The summed E-state index contributed by atoms with van der Waals surface area (Å²) in [5.41, 5.74) is 22.2. The lowest BCUT2D eigenvalue weighted by molar-refractivity contribution is 0.0452. The highest BCUT2D eigenvalue weighted by molar-refractivity contribution is 5.69. The summed E-state index contributed by atoms with van der Waals surface area (Å²) < 4.78 is 155. The van der Waals surface area contributed by atoms with Gasteiger partial charge in [0.05, 0.1) is 166 Å². The largest absolute Gasteiger partial charge is 0.384 e. The number of morpholine rings is 8. The van der Waals surface area contributed by atoms with E-state index in [1.165, 1.54) is 49.1 Å². The van der Waals surface area contributed by atoms with Crippen LogP contribution in [0.5, 0.6) is 0 Å². The molecule has 17 rings (SSSR count). The second-order valence-electron chi connectivity index (χ2n) is 32.0. The number of nitrogens with zero attached hydrogens (tertiary/aromatic N) is 24. The molecular weight excluding hydrogens is 1650 g/mol. The number of pyridine rings is 4. The summed E-state index contributed by atoms with van der Waals surface area (Å²) >= 11 is 0. The van der Waals surface area contributed by atoms with Crippen LogP contribution in [-0.4, -0.2) is 285 Å². The summed E-state index contributed by atoms with van der Waals surface area (Å²) in [4.78, 5) is 88.3. The normalized spacial score (nSPS) is 23.8. The Bertz CT molecular complexity index is 4630. The standard InChI is InChI=1S/C21H29F2N7O2.C20H25F2N7O2.2C20H27F2N7O2/c1-11-7-31-8-12(2)29(11)20-26-19(16-6-25-17(24)5-15(16)18(22)23)27-21(28-20)30-13(3)9-32-10-14(30)4;21-17(22)14-8-16(23)24-9-15(14)18-25-19(28-4-6-30-7-5-28)27-20(26-18)29-12-2-1-3-13(29)11-31-10-12;2*1-3-13-11-31-7-5-29(13)20-26-18(15-9-24-16(23)8-14(15)17(21)22)25-19(27-20)28-4-6-30-10-12(28)2/h5-6,11-14,18H,7-10H2,1-4H3,(H2,24,25);8-9,12-13,17H,1-7,10-11H2,(H2,23,24);2*8-9,12-13,17H,3-7,10-11H2,1-2H3,(H2,23,24)/t11-,12-,13-,14-;;12-,13+;12-,13-/m0.11/s1. The Labute approximate surface area is 718 Å². The molecule has 9 aliphatic heterocycles. The number of rotatable bonds is 18. The molecule has 0 radical (unpaired) electrons. The fourth-order valence-electron chi connectivity index (χ4n) is 16.6. The van der Waals surface area contributed by atoms with Gasteiger partial charge >= 0.3 is 0 Å². The summed E-state index contributed by atoms with van der Waals surface area (Å²) in [5.74, 6) is 4.33. The molecule has 0 amide bonds. The smallest absolute Gasteiger partial charge is 0.264 e. The van der Waals surface area contributed by atoms with Crippen LogP contribution in [-0.2, 0) is 37.9 Å². The van der Waals surface area contributed by atoms with Gasteiger partial charge in [-0.15, -0.1) is 0 Å². The van der Waals surface area contributed by atoms with E-state index in [9.17, 15) is 35.1 Å². The van der Waals surface area contributed by atoms with Gasteiger partial charge in [-0.25, -0.2) is 55.1 Å². The molecule has 0 aliphatic carbocycles. The first-order chi connectivity index (χ1) is 60.3. The fourth-order valence-corrected chi connectivity index (χ4v) is 16.6. The number of hydrogen-bond donors (Lipinski definition) is 4. The van der Waals surface area contributed by atoms with E-state index >= 15 is 0 Å². The third-order valence-electron chi connectivity index (χ3n) is 23.1. The van der Waals surface area contributed by atoms with Crippen LogP contribution in [0.4, 0.5) is 106 Å². The number of anilines is 12. The molecule has 125 heavy (non-hydrogen) atoms.